The van der Waals surface area contributed by atoms with Gasteiger partial charge in [-0.3, -0.25) is 4.79 Å². The number of alkyl halides is 2. The van der Waals surface area contributed by atoms with Crippen molar-refractivity contribution in [2.45, 2.75) is 19.4 Å². The lowest BCUT2D eigenvalue weighted by Crippen LogP contribution is -2.23. The van der Waals surface area contributed by atoms with Crippen molar-refractivity contribution in [3.8, 4) is 5.88 Å². The van der Waals surface area contributed by atoms with Gasteiger partial charge in [0.05, 0.1) is 5.56 Å². The fourth-order valence-corrected chi connectivity index (χ4v) is 2.22. The molecule has 0 fully saturated rings. The van der Waals surface area contributed by atoms with Crippen LogP contribution in [0.2, 0.25) is 10.0 Å². The Morgan fingerprint density at radius 1 is 1.29 bits per heavy atom. The van der Waals surface area contributed by atoms with Gasteiger partial charge >= 0.3 is 0 Å². The third-order valence-electron chi connectivity index (χ3n) is 2.93. The number of hydrogen-bond acceptors (Lipinski definition) is 3. The molecule has 8 heteroatoms. The summed E-state index contributed by atoms with van der Waals surface area (Å²) in [6.45, 7) is 0.187. The first-order valence-electron chi connectivity index (χ1n) is 6.93. The second-order valence-electron chi connectivity index (χ2n) is 5.16. The molecule has 0 aliphatic carbocycles. The zero-order valence-electron chi connectivity index (χ0n) is 12.7. The van der Waals surface area contributed by atoms with E-state index in [1.807, 2.05) is 0 Å². The van der Waals surface area contributed by atoms with Gasteiger partial charge in [0.1, 0.15) is 0 Å². The molecule has 0 radical (unpaired) electrons. The van der Waals surface area contributed by atoms with Gasteiger partial charge < -0.3 is 10.1 Å². The van der Waals surface area contributed by atoms with E-state index in [-0.39, 0.29) is 23.9 Å². The van der Waals surface area contributed by atoms with Gasteiger partial charge in [0.2, 0.25) is 5.88 Å². The van der Waals surface area contributed by atoms with E-state index in [0.717, 1.165) is 6.92 Å². The van der Waals surface area contributed by atoms with E-state index < -0.39 is 12.5 Å². The molecule has 24 heavy (non-hydrogen) atoms. The Balaban J connectivity index is 1.92. The molecular formula is C16H14Cl2F2N2O2. The number of pyridine rings is 1. The second-order valence-corrected chi connectivity index (χ2v) is 6.01. The number of aromatic nitrogens is 1. The van der Waals surface area contributed by atoms with Crippen molar-refractivity contribution < 1.29 is 18.3 Å². The van der Waals surface area contributed by atoms with E-state index in [1.165, 1.54) is 18.3 Å². The van der Waals surface area contributed by atoms with Gasteiger partial charge in [0.25, 0.3) is 11.8 Å². The monoisotopic (exact) mass is 374 g/mol. The van der Waals surface area contributed by atoms with E-state index in [2.05, 4.69) is 10.3 Å². The van der Waals surface area contributed by atoms with E-state index in [0.29, 0.717) is 15.6 Å². The van der Waals surface area contributed by atoms with Crippen LogP contribution in [0.5, 0.6) is 5.88 Å². The SMILES string of the molecule is CC(F)(F)COc1ccc(C(=O)NCc2ccc(Cl)cc2Cl)cn1. The summed E-state index contributed by atoms with van der Waals surface area (Å²) in [5.41, 5.74) is 0.989. The summed E-state index contributed by atoms with van der Waals surface area (Å²) in [5.74, 6) is -3.30. The number of rotatable bonds is 6. The Morgan fingerprint density at radius 2 is 2.04 bits per heavy atom. The largest absolute Gasteiger partial charge is 0.471 e. The summed E-state index contributed by atoms with van der Waals surface area (Å²) in [6.07, 6.45) is 1.25. The third kappa shape index (κ3) is 5.62. The fraction of sp³-hybridized carbons (Fsp3) is 0.250. The van der Waals surface area contributed by atoms with Gasteiger partial charge in [-0.15, -0.1) is 0 Å². The molecule has 0 saturated heterocycles. The zero-order chi connectivity index (χ0) is 17.7. The maximum absolute atomic E-state index is 12.7. The van der Waals surface area contributed by atoms with E-state index in [1.54, 1.807) is 18.2 Å². The number of ether oxygens (including phenoxy) is 1. The molecule has 128 valence electrons. The first-order chi connectivity index (χ1) is 11.2. The predicted molar refractivity (Wildman–Crippen MR) is 88.0 cm³/mol. The summed E-state index contributed by atoms with van der Waals surface area (Å²) in [7, 11) is 0. The summed E-state index contributed by atoms with van der Waals surface area (Å²) in [5, 5.41) is 3.64. The Labute approximate surface area is 147 Å². The van der Waals surface area contributed by atoms with Gasteiger partial charge in [-0.05, 0) is 23.8 Å². The van der Waals surface area contributed by atoms with Crippen LogP contribution in [0.1, 0.15) is 22.8 Å². The Morgan fingerprint density at radius 3 is 2.62 bits per heavy atom. The highest BCUT2D eigenvalue weighted by atomic mass is 35.5. The maximum Gasteiger partial charge on any atom is 0.278 e. The van der Waals surface area contributed by atoms with Crippen molar-refractivity contribution >= 4 is 29.1 Å². The molecule has 0 atom stereocenters. The Hall–Kier alpha value is -1.92. The van der Waals surface area contributed by atoms with E-state index >= 15 is 0 Å². The molecule has 4 nitrogen and oxygen atoms in total. The normalized spacial score (nSPS) is 11.2. The van der Waals surface area contributed by atoms with Crippen LogP contribution < -0.4 is 10.1 Å². The van der Waals surface area contributed by atoms with Crippen molar-refractivity contribution in [2.75, 3.05) is 6.61 Å². The molecule has 0 unspecified atom stereocenters. The number of halogens is 4. The van der Waals surface area contributed by atoms with Crippen molar-refractivity contribution in [1.29, 1.82) is 0 Å². The van der Waals surface area contributed by atoms with Crippen LogP contribution >= 0.6 is 23.2 Å². The van der Waals surface area contributed by atoms with Gasteiger partial charge in [-0.1, -0.05) is 29.3 Å². The molecule has 2 rings (SSSR count). The number of nitrogens with zero attached hydrogens (tertiary/aromatic N) is 1. The van der Waals surface area contributed by atoms with Crippen LogP contribution in [0.15, 0.2) is 36.5 Å². The van der Waals surface area contributed by atoms with Crippen molar-refractivity contribution in [3.05, 3.63) is 57.7 Å². The maximum atomic E-state index is 12.7. The molecular weight excluding hydrogens is 361 g/mol. The second kappa shape index (κ2) is 7.77. The van der Waals surface area contributed by atoms with Gasteiger partial charge in [-0.25, -0.2) is 13.8 Å². The van der Waals surface area contributed by atoms with Crippen LogP contribution in [0.4, 0.5) is 8.78 Å². The standard InChI is InChI=1S/C16H14Cl2F2N2O2/c1-16(19,20)9-24-14-5-3-11(8-21-14)15(23)22-7-10-2-4-12(17)6-13(10)18/h2-6,8H,7,9H2,1H3,(H,22,23). The van der Waals surface area contributed by atoms with Gasteiger partial charge in [0, 0.05) is 35.8 Å². The lowest BCUT2D eigenvalue weighted by molar-refractivity contribution is -0.0242. The molecule has 1 aromatic carbocycles. The molecule has 1 N–H and O–H groups in total. The van der Waals surface area contributed by atoms with E-state index in [4.69, 9.17) is 27.9 Å². The molecule has 0 spiro atoms. The fourth-order valence-electron chi connectivity index (χ4n) is 1.74. The Kier molecular flexibility index (Phi) is 5.96. The van der Waals surface area contributed by atoms with Gasteiger partial charge in [-0.2, -0.15) is 0 Å². The topological polar surface area (TPSA) is 51.2 Å². The summed E-state index contributed by atoms with van der Waals surface area (Å²) >= 11 is 11.8. The molecule has 0 aliphatic rings. The van der Waals surface area contributed by atoms with Crippen molar-refractivity contribution in [1.82, 2.24) is 10.3 Å². The van der Waals surface area contributed by atoms with E-state index in [9.17, 15) is 13.6 Å². The van der Waals surface area contributed by atoms with Crippen molar-refractivity contribution in [3.63, 3.8) is 0 Å². The number of nitrogens with one attached hydrogen (secondary N) is 1. The van der Waals surface area contributed by atoms with Crippen LogP contribution in [-0.4, -0.2) is 23.4 Å². The van der Waals surface area contributed by atoms with Crippen LogP contribution in [-0.2, 0) is 6.54 Å². The molecule has 1 heterocycles. The average Bonchev–Trinajstić information content (AvgIpc) is 2.51. The summed E-state index contributed by atoms with van der Waals surface area (Å²) in [6, 6.07) is 7.77. The minimum Gasteiger partial charge on any atom is -0.471 e. The number of benzene rings is 1. The first-order valence-corrected chi connectivity index (χ1v) is 7.69. The lowest BCUT2D eigenvalue weighted by atomic mass is 10.2. The number of hydrogen-bond donors (Lipinski definition) is 1. The molecule has 1 amide bonds. The van der Waals surface area contributed by atoms with Gasteiger partial charge in [0.15, 0.2) is 6.61 Å². The predicted octanol–water partition coefficient (Wildman–Crippen LogP) is 4.35. The first kappa shape index (κ1) is 18.4. The molecule has 0 aliphatic heterocycles. The zero-order valence-corrected chi connectivity index (χ0v) is 14.2. The summed E-state index contributed by atoms with van der Waals surface area (Å²) < 4.78 is 30.2. The minimum atomic E-state index is -2.95. The Bertz CT molecular complexity index is 719. The molecule has 0 saturated carbocycles. The lowest BCUT2D eigenvalue weighted by Gasteiger charge is -2.11. The highest BCUT2D eigenvalue weighted by molar-refractivity contribution is 6.35. The third-order valence-corrected chi connectivity index (χ3v) is 3.51. The molecule has 1 aromatic heterocycles. The molecule has 0 bridgehead atoms. The van der Waals surface area contributed by atoms with Crippen LogP contribution in [0.3, 0.4) is 0 Å². The molecule has 2 aromatic rings. The average molecular weight is 375 g/mol. The number of amides is 1. The smallest absolute Gasteiger partial charge is 0.278 e. The van der Waals surface area contributed by atoms with Crippen LogP contribution in [0.25, 0.3) is 0 Å². The number of carbonyl (C=O) groups is 1. The minimum absolute atomic E-state index is 0.0221. The quantitative estimate of drug-likeness (QED) is 0.817. The highest BCUT2D eigenvalue weighted by Crippen LogP contribution is 2.21. The summed E-state index contributed by atoms with van der Waals surface area (Å²) in [4.78, 5) is 15.9. The highest BCUT2D eigenvalue weighted by Gasteiger charge is 2.22. The number of carbonyl (C=O) groups excluding carboxylic acids is 1. The van der Waals surface area contributed by atoms with Crippen molar-refractivity contribution in [2.24, 2.45) is 0 Å². The van der Waals surface area contributed by atoms with Crippen LogP contribution in [0, 0.1) is 0 Å².